The average Bonchev–Trinajstić information content (AvgIpc) is 2.95. The van der Waals surface area contributed by atoms with Gasteiger partial charge in [0, 0.05) is 10.9 Å². The van der Waals surface area contributed by atoms with Crippen molar-refractivity contribution in [3.63, 3.8) is 0 Å². The van der Waals surface area contributed by atoms with E-state index in [0.717, 1.165) is 23.7 Å². The summed E-state index contributed by atoms with van der Waals surface area (Å²) in [6.45, 7) is 3.24. The predicted octanol–water partition coefficient (Wildman–Crippen LogP) is 4.75. The summed E-state index contributed by atoms with van der Waals surface area (Å²) >= 11 is 9.44. The number of hydrogen-bond donors (Lipinski definition) is 1. The molecule has 17 heavy (non-hydrogen) atoms. The molecule has 0 saturated heterocycles. The molecule has 1 nitrogen and oxygen atoms in total. The molecule has 0 spiro atoms. The Labute approximate surface area is 115 Å². The van der Waals surface area contributed by atoms with Gasteiger partial charge in [0.05, 0.1) is 4.34 Å². The molecule has 2 heterocycles. The SMILES string of the molecule is CCCNC(Cc1ccsc1)c1ccc(Cl)s1. The monoisotopic (exact) mass is 285 g/mol. The smallest absolute Gasteiger partial charge is 0.0931 e. The summed E-state index contributed by atoms with van der Waals surface area (Å²) in [5.74, 6) is 0. The van der Waals surface area contributed by atoms with Crippen molar-refractivity contribution in [2.45, 2.75) is 25.8 Å². The molecular formula is C13H16ClNS2. The molecule has 0 radical (unpaired) electrons. The van der Waals surface area contributed by atoms with Crippen LogP contribution in [0.3, 0.4) is 0 Å². The van der Waals surface area contributed by atoms with Gasteiger partial charge in [-0.1, -0.05) is 18.5 Å². The van der Waals surface area contributed by atoms with E-state index in [1.165, 1.54) is 10.4 Å². The van der Waals surface area contributed by atoms with Crippen LogP contribution in [0.5, 0.6) is 0 Å². The van der Waals surface area contributed by atoms with Crippen LogP contribution in [0.2, 0.25) is 4.34 Å². The number of hydrogen-bond acceptors (Lipinski definition) is 3. The van der Waals surface area contributed by atoms with Gasteiger partial charge in [0.1, 0.15) is 0 Å². The van der Waals surface area contributed by atoms with E-state index < -0.39 is 0 Å². The van der Waals surface area contributed by atoms with Crippen molar-refractivity contribution in [2.75, 3.05) is 6.54 Å². The Bertz CT molecular complexity index is 436. The summed E-state index contributed by atoms with van der Waals surface area (Å²) in [7, 11) is 0. The Balaban J connectivity index is 2.07. The van der Waals surface area contributed by atoms with Crippen LogP contribution in [0.1, 0.15) is 29.8 Å². The van der Waals surface area contributed by atoms with E-state index in [1.54, 1.807) is 22.7 Å². The number of halogens is 1. The van der Waals surface area contributed by atoms with E-state index in [-0.39, 0.29) is 0 Å². The Morgan fingerprint density at radius 3 is 2.82 bits per heavy atom. The fourth-order valence-corrected chi connectivity index (χ4v) is 3.57. The lowest BCUT2D eigenvalue weighted by Crippen LogP contribution is -2.23. The maximum atomic E-state index is 6.01. The zero-order chi connectivity index (χ0) is 12.1. The molecule has 0 amide bonds. The third-order valence-corrected chi connectivity index (χ3v) is 4.67. The van der Waals surface area contributed by atoms with Gasteiger partial charge in [-0.25, -0.2) is 0 Å². The second kappa shape index (κ2) is 6.55. The van der Waals surface area contributed by atoms with Gasteiger partial charge in [-0.3, -0.25) is 0 Å². The highest BCUT2D eigenvalue weighted by Gasteiger charge is 2.13. The van der Waals surface area contributed by atoms with Gasteiger partial charge in [-0.2, -0.15) is 11.3 Å². The van der Waals surface area contributed by atoms with Gasteiger partial charge in [-0.15, -0.1) is 11.3 Å². The number of nitrogens with one attached hydrogen (secondary N) is 1. The van der Waals surface area contributed by atoms with Crippen molar-refractivity contribution < 1.29 is 0 Å². The molecule has 0 aliphatic heterocycles. The van der Waals surface area contributed by atoms with Crippen molar-refractivity contribution in [3.05, 3.63) is 43.7 Å². The molecular weight excluding hydrogens is 270 g/mol. The Morgan fingerprint density at radius 2 is 2.24 bits per heavy atom. The van der Waals surface area contributed by atoms with Crippen LogP contribution in [-0.2, 0) is 6.42 Å². The standard InChI is InChI=1S/C13H16ClNS2/c1-2-6-15-11(8-10-5-7-16-9-10)12-3-4-13(14)17-12/h3-5,7,9,11,15H,2,6,8H2,1H3. The van der Waals surface area contributed by atoms with Gasteiger partial charge in [-0.05, 0) is 53.9 Å². The first kappa shape index (κ1) is 13.1. The molecule has 2 aromatic heterocycles. The van der Waals surface area contributed by atoms with Crippen LogP contribution in [0.15, 0.2) is 29.0 Å². The van der Waals surface area contributed by atoms with Crippen LogP contribution >= 0.6 is 34.3 Å². The largest absolute Gasteiger partial charge is 0.309 e. The summed E-state index contributed by atoms with van der Waals surface area (Å²) in [5.41, 5.74) is 1.40. The maximum Gasteiger partial charge on any atom is 0.0931 e. The first-order valence-electron chi connectivity index (χ1n) is 5.79. The van der Waals surface area contributed by atoms with Crippen molar-refractivity contribution in [3.8, 4) is 0 Å². The summed E-state index contributed by atoms with van der Waals surface area (Å²) in [5, 5.41) is 7.94. The molecule has 1 N–H and O–H groups in total. The number of rotatable bonds is 6. The van der Waals surface area contributed by atoms with E-state index >= 15 is 0 Å². The molecule has 92 valence electrons. The first-order valence-corrected chi connectivity index (χ1v) is 7.93. The molecule has 1 atom stereocenters. The third kappa shape index (κ3) is 3.81. The molecule has 0 aliphatic carbocycles. The van der Waals surface area contributed by atoms with Gasteiger partial charge in [0.2, 0.25) is 0 Å². The molecule has 1 unspecified atom stereocenters. The Kier molecular flexibility index (Phi) is 5.04. The minimum Gasteiger partial charge on any atom is -0.309 e. The summed E-state index contributed by atoms with van der Waals surface area (Å²) < 4.78 is 0.869. The molecule has 0 aromatic carbocycles. The van der Waals surface area contributed by atoms with Crippen LogP contribution in [-0.4, -0.2) is 6.54 Å². The van der Waals surface area contributed by atoms with E-state index in [9.17, 15) is 0 Å². The van der Waals surface area contributed by atoms with Gasteiger partial charge < -0.3 is 5.32 Å². The maximum absolute atomic E-state index is 6.01. The topological polar surface area (TPSA) is 12.0 Å². The zero-order valence-corrected chi connectivity index (χ0v) is 12.2. The second-order valence-electron chi connectivity index (χ2n) is 3.98. The minimum atomic E-state index is 0.391. The van der Waals surface area contributed by atoms with Crippen LogP contribution < -0.4 is 5.32 Å². The molecule has 2 rings (SSSR count). The second-order valence-corrected chi connectivity index (χ2v) is 6.51. The van der Waals surface area contributed by atoms with Gasteiger partial charge >= 0.3 is 0 Å². The highest BCUT2D eigenvalue weighted by Crippen LogP contribution is 2.29. The van der Waals surface area contributed by atoms with E-state index in [0.29, 0.717) is 6.04 Å². The van der Waals surface area contributed by atoms with E-state index in [2.05, 4.69) is 35.1 Å². The lowest BCUT2D eigenvalue weighted by atomic mass is 10.1. The minimum absolute atomic E-state index is 0.391. The summed E-state index contributed by atoms with van der Waals surface area (Å²) in [6, 6.07) is 6.70. The van der Waals surface area contributed by atoms with Crippen molar-refractivity contribution >= 4 is 34.3 Å². The predicted molar refractivity (Wildman–Crippen MR) is 78.4 cm³/mol. The lowest BCUT2D eigenvalue weighted by molar-refractivity contribution is 0.537. The molecule has 0 fully saturated rings. The Morgan fingerprint density at radius 1 is 1.35 bits per heavy atom. The molecule has 0 bridgehead atoms. The Hall–Kier alpha value is -0.350. The molecule has 4 heteroatoms. The lowest BCUT2D eigenvalue weighted by Gasteiger charge is -2.16. The van der Waals surface area contributed by atoms with Gasteiger partial charge in [0.15, 0.2) is 0 Å². The first-order chi connectivity index (χ1) is 8.29. The highest BCUT2D eigenvalue weighted by molar-refractivity contribution is 7.16. The molecule has 2 aromatic rings. The third-order valence-electron chi connectivity index (χ3n) is 2.60. The van der Waals surface area contributed by atoms with Crippen LogP contribution in [0, 0.1) is 0 Å². The fraction of sp³-hybridized carbons (Fsp3) is 0.385. The van der Waals surface area contributed by atoms with Gasteiger partial charge in [0.25, 0.3) is 0 Å². The van der Waals surface area contributed by atoms with Crippen molar-refractivity contribution in [1.29, 1.82) is 0 Å². The molecule has 0 aliphatic rings. The van der Waals surface area contributed by atoms with Crippen LogP contribution in [0.25, 0.3) is 0 Å². The summed E-state index contributed by atoms with van der Waals surface area (Å²) in [4.78, 5) is 1.33. The normalized spacial score (nSPS) is 12.8. The quantitative estimate of drug-likeness (QED) is 0.808. The summed E-state index contributed by atoms with van der Waals surface area (Å²) in [6.07, 6.45) is 2.19. The zero-order valence-electron chi connectivity index (χ0n) is 9.78. The van der Waals surface area contributed by atoms with E-state index in [4.69, 9.17) is 11.6 Å². The van der Waals surface area contributed by atoms with Crippen molar-refractivity contribution in [2.24, 2.45) is 0 Å². The highest BCUT2D eigenvalue weighted by atomic mass is 35.5. The average molecular weight is 286 g/mol. The fourth-order valence-electron chi connectivity index (χ4n) is 1.75. The molecule has 0 saturated carbocycles. The van der Waals surface area contributed by atoms with Crippen LogP contribution in [0.4, 0.5) is 0 Å². The van der Waals surface area contributed by atoms with E-state index in [1.807, 2.05) is 6.07 Å². The van der Waals surface area contributed by atoms with Crippen molar-refractivity contribution in [1.82, 2.24) is 5.32 Å². The number of thiophene rings is 2.